The van der Waals surface area contributed by atoms with Crippen molar-refractivity contribution in [2.45, 2.75) is 18.9 Å². The number of halogens is 2. The third-order valence-electron chi connectivity index (χ3n) is 3.56. The van der Waals surface area contributed by atoms with Crippen LogP contribution in [0.15, 0.2) is 29.5 Å². The lowest BCUT2D eigenvalue weighted by molar-refractivity contribution is 0.106. The molecule has 1 aromatic carbocycles. The number of rotatable bonds is 4. The Kier molecular flexibility index (Phi) is 3.72. The monoisotopic (exact) mass is 298 g/mol. The number of hydroxylamine groups is 1. The summed E-state index contributed by atoms with van der Waals surface area (Å²) >= 11 is 12.6. The maximum atomic E-state index is 6.29. The van der Waals surface area contributed by atoms with Crippen LogP contribution < -0.4 is 10.8 Å². The molecule has 3 rings (SSSR count). The maximum absolute atomic E-state index is 6.29. The van der Waals surface area contributed by atoms with Crippen molar-refractivity contribution in [2.75, 3.05) is 13.6 Å². The minimum atomic E-state index is -0.0655. The summed E-state index contributed by atoms with van der Waals surface area (Å²) in [4.78, 5) is 5.69. The molecule has 0 amide bonds. The Morgan fingerprint density at radius 2 is 2.00 bits per heavy atom. The maximum Gasteiger partial charge on any atom is 0.129 e. The number of likely N-dealkylation sites (N-methyl/N-ethyl adjacent to an activating group) is 1. The van der Waals surface area contributed by atoms with Gasteiger partial charge in [0, 0.05) is 33.6 Å². The van der Waals surface area contributed by atoms with Crippen molar-refractivity contribution < 1.29 is 4.84 Å². The zero-order valence-corrected chi connectivity index (χ0v) is 12.2. The molecular formula is C14H16Cl2N2O. The molecule has 1 atom stereocenters. The number of benzene rings is 1. The summed E-state index contributed by atoms with van der Waals surface area (Å²) in [7, 11) is 1.93. The Balaban J connectivity index is 2.00. The summed E-state index contributed by atoms with van der Waals surface area (Å²) in [5, 5.41) is 4.53. The third kappa shape index (κ3) is 2.48. The summed E-state index contributed by atoms with van der Waals surface area (Å²) in [6.07, 6.45) is 2.40. The molecule has 3 nitrogen and oxygen atoms in total. The molecule has 102 valence electrons. The second-order valence-electron chi connectivity index (χ2n) is 4.98. The standard InChI is InChI=1S/C14H16Cl2N2O/c1-17-7-9-13(18-19-14(9)8-5-6-8)12-10(15)3-2-4-11(12)16/h2-4,8,13,17-18H,5-7H2,1H3. The number of hydrogen-bond donors (Lipinski definition) is 2. The number of nitrogens with one attached hydrogen (secondary N) is 2. The molecule has 2 aliphatic rings. The first-order valence-electron chi connectivity index (χ1n) is 6.46. The summed E-state index contributed by atoms with van der Waals surface area (Å²) in [5.74, 6) is 1.62. The van der Waals surface area contributed by atoms with Gasteiger partial charge in [-0.3, -0.25) is 0 Å². The first kappa shape index (κ1) is 13.3. The van der Waals surface area contributed by atoms with E-state index in [1.807, 2.05) is 25.2 Å². The molecule has 1 aromatic rings. The van der Waals surface area contributed by atoms with Gasteiger partial charge in [-0.25, -0.2) is 0 Å². The highest BCUT2D eigenvalue weighted by Gasteiger charge is 2.38. The average molecular weight is 299 g/mol. The molecule has 2 N–H and O–H groups in total. The lowest BCUT2D eigenvalue weighted by Gasteiger charge is -2.16. The van der Waals surface area contributed by atoms with Gasteiger partial charge in [0.05, 0.1) is 6.04 Å². The molecule has 1 unspecified atom stereocenters. The van der Waals surface area contributed by atoms with Crippen molar-refractivity contribution in [1.82, 2.24) is 10.8 Å². The van der Waals surface area contributed by atoms with Gasteiger partial charge in [-0.05, 0) is 32.0 Å². The number of allylic oxidation sites excluding steroid dienone is 1. The summed E-state index contributed by atoms with van der Waals surface area (Å²) < 4.78 is 0. The highest BCUT2D eigenvalue weighted by atomic mass is 35.5. The molecular weight excluding hydrogens is 283 g/mol. The molecule has 1 heterocycles. The molecule has 19 heavy (non-hydrogen) atoms. The van der Waals surface area contributed by atoms with E-state index in [1.165, 1.54) is 18.4 Å². The smallest absolute Gasteiger partial charge is 0.129 e. The van der Waals surface area contributed by atoms with Crippen molar-refractivity contribution in [3.63, 3.8) is 0 Å². The van der Waals surface area contributed by atoms with E-state index in [0.717, 1.165) is 17.9 Å². The van der Waals surface area contributed by atoms with Crippen LogP contribution in [0.5, 0.6) is 0 Å². The molecule has 0 aromatic heterocycles. The normalized spacial score (nSPS) is 22.8. The van der Waals surface area contributed by atoms with Crippen molar-refractivity contribution in [1.29, 1.82) is 0 Å². The van der Waals surface area contributed by atoms with Crippen LogP contribution in [0.4, 0.5) is 0 Å². The van der Waals surface area contributed by atoms with Gasteiger partial charge >= 0.3 is 0 Å². The van der Waals surface area contributed by atoms with Crippen LogP contribution in [0.2, 0.25) is 10.0 Å². The first-order valence-corrected chi connectivity index (χ1v) is 7.21. The Labute approximate surface area is 122 Å². The van der Waals surface area contributed by atoms with Gasteiger partial charge in [0.25, 0.3) is 0 Å². The van der Waals surface area contributed by atoms with Crippen LogP contribution in [0.25, 0.3) is 0 Å². The van der Waals surface area contributed by atoms with Crippen molar-refractivity contribution in [3.8, 4) is 0 Å². The fourth-order valence-electron chi connectivity index (χ4n) is 2.49. The Morgan fingerprint density at radius 1 is 1.32 bits per heavy atom. The molecule has 0 radical (unpaired) electrons. The molecule has 1 fully saturated rings. The second kappa shape index (κ2) is 5.33. The Hall–Kier alpha value is -0.740. The van der Waals surface area contributed by atoms with Crippen LogP contribution in [-0.2, 0) is 4.84 Å². The Morgan fingerprint density at radius 3 is 2.58 bits per heavy atom. The van der Waals surface area contributed by atoms with E-state index in [0.29, 0.717) is 16.0 Å². The van der Waals surface area contributed by atoms with Gasteiger partial charge in [-0.1, -0.05) is 29.3 Å². The van der Waals surface area contributed by atoms with Crippen LogP contribution in [0.3, 0.4) is 0 Å². The average Bonchev–Trinajstić information content (AvgIpc) is 3.14. The fourth-order valence-corrected chi connectivity index (χ4v) is 3.11. The fraction of sp³-hybridized carbons (Fsp3) is 0.429. The summed E-state index contributed by atoms with van der Waals surface area (Å²) in [6, 6.07) is 5.50. The lowest BCUT2D eigenvalue weighted by Crippen LogP contribution is -2.21. The van der Waals surface area contributed by atoms with E-state index >= 15 is 0 Å². The van der Waals surface area contributed by atoms with Crippen LogP contribution >= 0.6 is 23.2 Å². The molecule has 1 aliphatic heterocycles. The quantitative estimate of drug-likeness (QED) is 0.893. The molecule has 1 saturated carbocycles. The van der Waals surface area contributed by atoms with Crippen LogP contribution in [0.1, 0.15) is 24.4 Å². The van der Waals surface area contributed by atoms with Gasteiger partial charge in [0.15, 0.2) is 0 Å². The Bertz CT molecular complexity index is 506. The molecule has 1 aliphatic carbocycles. The molecule has 0 saturated heterocycles. The van der Waals surface area contributed by atoms with Gasteiger partial charge in [-0.2, -0.15) is 0 Å². The van der Waals surface area contributed by atoms with Gasteiger partial charge in [0.2, 0.25) is 0 Å². The second-order valence-corrected chi connectivity index (χ2v) is 5.80. The van der Waals surface area contributed by atoms with Crippen molar-refractivity contribution in [3.05, 3.63) is 45.1 Å². The zero-order valence-electron chi connectivity index (χ0n) is 10.7. The van der Waals surface area contributed by atoms with E-state index < -0.39 is 0 Å². The predicted molar refractivity (Wildman–Crippen MR) is 77.1 cm³/mol. The summed E-state index contributed by atoms with van der Waals surface area (Å²) in [5.41, 5.74) is 5.18. The predicted octanol–water partition coefficient (Wildman–Crippen LogP) is 3.45. The van der Waals surface area contributed by atoms with Gasteiger partial charge < -0.3 is 10.2 Å². The van der Waals surface area contributed by atoms with E-state index in [4.69, 9.17) is 28.0 Å². The van der Waals surface area contributed by atoms with E-state index in [1.54, 1.807) is 0 Å². The van der Waals surface area contributed by atoms with E-state index in [-0.39, 0.29) is 6.04 Å². The van der Waals surface area contributed by atoms with Gasteiger partial charge in [0.1, 0.15) is 5.76 Å². The van der Waals surface area contributed by atoms with Crippen LogP contribution in [0, 0.1) is 5.92 Å². The van der Waals surface area contributed by atoms with Crippen molar-refractivity contribution in [2.24, 2.45) is 5.92 Å². The molecule has 0 bridgehead atoms. The largest absolute Gasteiger partial charge is 0.412 e. The number of hydrogen-bond acceptors (Lipinski definition) is 3. The SMILES string of the molecule is CNCC1=C(C2CC2)ONC1c1c(Cl)cccc1Cl. The summed E-state index contributed by atoms with van der Waals surface area (Å²) in [6.45, 7) is 0.769. The highest BCUT2D eigenvalue weighted by molar-refractivity contribution is 6.36. The van der Waals surface area contributed by atoms with Crippen LogP contribution in [-0.4, -0.2) is 13.6 Å². The topological polar surface area (TPSA) is 33.3 Å². The first-order chi connectivity index (χ1) is 9.22. The highest BCUT2D eigenvalue weighted by Crippen LogP contribution is 2.45. The van der Waals surface area contributed by atoms with Gasteiger partial charge in [-0.15, -0.1) is 5.48 Å². The third-order valence-corrected chi connectivity index (χ3v) is 4.21. The van der Waals surface area contributed by atoms with E-state index in [2.05, 4.69) is 10.8 Å². The minimum absolute atomic E-state index is 0.0655. The minimum Gasteiger partial charge on any atom is -0.412 e. The molecule has 5 heteroatoms. The lowest BCUT2D eigenvalue weighted by atomic mass is 9.97. The zero-order chi connectivity index (χ0) is 13.4. The molecule has 0 spiro atoms. The van der Waals surface area contributed by atoms with E-state index in [9.17, 15) is 0 Å². The van der Waals surface area contributed by atoms with Crippen molar-refractivity contribution >= 4 is 23.2 Å².